The fraction of sp³-hybridized carbons (Fsp3) is 0.462. The molecular formula is C13H13F3N2O3. The maximum atomic E-state index is 12.5. The summed E-state index contributed by atoms with van der Waals surface area (Å²) in [5, 5.41) is 10.5. The summed E-state index contributed by atoms with van der Waals surface area (Å²) < 4.78 is 37.4. The predicted molar refractivity (Wildman–Crippen MR) is 68.1 cm³/mol. The summed E-state index contributed by atoms with van der Waals surface area (Å²) in [6, 6.07) is 4.66. The van der Waals surface area contributed by atoms with E-state index < -0.39 is 23.4 Å². The van der Waals surface area contributed by atoms with Crippen molar-refractivity contribution in [2.45, 2.75) is 25.1 Å². The maximum absolute atomic E-state index is 12.5. The van der Waals surface area contributed by atoms with Crippen LogP contribution in [0.3, 0.4) is 0 Å². The third-order valence-corrected chi connectivity index (χ3v) is 3.19. The molecule has 8 heteroatoms. The molecule has 1 fully saturated rings. The minimum Gasteiger partial charge on any atom is -0.293 e. The minimum absolute atomic E-state index is 0.166. The van der Waals surface area contributed by atoms with E-state index in [-0.39, 0.29) is 23.8 Å². The van der Waals surface area contributed by atoms with Crippen molar-refractivity contribution < 1.29 is 22.9 Å². The van der Waals surface area contributed by atoms with Gasteiger partial charge in [-0.15, -0.1) is 0 Å². The van der Waals surface area contributed by atoms with Gasteiger partial charge in [0.05, 0.1) is 18.0 Å². The van der Waals surface area contributed by atoms with Crippen molar-refractivity contribution >= 4 is 11.5 Å². The molecule has 0 spiro atoms. The summed E-state index contributed by atoms with van der Waals surface area (Å²) in [5.41, 5.74) is 0.00863. The van der Waals surface area contributed by atoms with Crippen molar-refractivity contribution in [3.05, 3.63) is 39.9 Å². The third-order valence-electron chi connectivity index (χ3n) is 3.19. The highest BCUT2D eigenvalue weighted by atomic mass is 19.4. The molecule has 1 aliphatic rings. The smallest absolute Gasteiger partial charge is 0.293 e. The number of nitro groups is 1. The van der Waals surface area contributed by atoms with Crippen molar-refractivity contribution in [1.29, 1.82) is 0 Å². The number of alkyl halides is 3. The standard InChI is InChI=1S/C13H13F3N2O3/c14-13(15,16)8-17(10-5-6-10)7-12(19)9-1-3-11(4-2-9)18(20)21/h1-4,10H,5-8H2. The Kier molecular flexibility index (Phi) is 4.26. The molecule has 2 rings (SSSR count). The highest BCUT2D eigenvalue weighted by molar-refractivity contribution is 5.97. The van der Waals surface area contributed by atoms with Gasteiger partial charge < -0.3 is 0 Å². The number of rotatable bonds is 6. The molecule has 21 heavy (non-hydrogen) atoms. The van der Waals surface area contributed by atoms with E-state index in [1.807, 2.05) is 0 Å². The number of hydrogen-bond acceptors (Lipinski definition) is 4. The van der Waals surface area contributed by atoms with Gasteiger partial charge in [0.25, 0.3) is 5.69 Å². The van der Waals surface area contributed by atoms with E-state index in [4.69, 9.17) is 0 Å². The van der Waals surface area contributed by atoms with Crippen LogP contribution in [0.5, 0.6) is 0 Å². The predicted octanol–water partition coefficient (Wildman–Crippen LogP) is 2.80. The topological polar surface area (TPSA) is 63.5 Å². The average Bonchev–Trinajstić information content (AvgIpc) is 3.20. The van der Waals surface area contributed by atoms with Gasteiger partial charge in [0.15, 0.2) is 5.78 Å². The average molecular weight is 302 g/mol. The fourth-order valence-corrected chi connectivity index (χ4v) is 2.03. The van der Waals surface area contributed by atoms with E-state index in [2.05, 4.69) is 0 Å². The second kappa shape index (κ2) is 5.80. The summed E-state index contributed by atoms with van der Waals surface area (Å²) in [5.74, 6) is -0.471. The van der Waals surface area contributed by atoms with Crippen LogP contribution < -0.4 is 0 Å². The first-order valence-corrected chi connectivity index (χ1v) is 6.35. The molecule has 1 saturated carbocycles. The SMILES string of the molecule is O=C(CN(CC(F)(F)F)C1CC1)c1ccc([N+](=O)[O-])cc1. The van der Waals surface area contributed by atoms with Gasteiger partial charge >= 0.3 is 6.18 Å². The van der Waals surface area contributed by atoms with Crippen molar-refractivity contribution in [1.82, 2.24) is 4.90 Å². The Morgan fingerprint density at radius 3 is 2.29 bits per heavy atom. The molecule has 1 aromatic carbocycles. The van der Waals surface area contributed by atoms with Crippen LogP contribution in [-0.4, -0.2) is 40.9 Å². The highest BCUT2D eigenvalue weighted by Gasteiger charge is 2.38. The van der Waals surface area contributed by atoms with Crippen LogP contribution in [0.15, 0.2) is 24.3 Å². The van der Waals surface area contributed by atoms with Gasteiger partial charge in [-0.1, -0.05) is 0 Å². The third kappa shape index (κ3) is 4.52. The molecule has 0 heterocycles. The van der Waals surface area contributed by atoms with E-state index in [0.29, 0.717) is 12.8 Å². The Morgan fingerprint density at radius 1 is 1.29 bits per heavy atom. The number of hydrogen-bond donors (Lipinski definition) is 0. The number of nitrogens with zero attached hydrogens (tertiary/aromatic N) is 2. The molecule has 5 nitrogen and oxygen atoms in total. The molecule has 1 aliphatic carbocycles. The molecule has 0 radical (unpaired) electrons. The number of carbonyl (C=O) groups excluding carboxylic acids is 1. The number of ketones is 1. The number of non-ortho nitro benzene ring substituents is 1. The van der Waals surface area contributed by atoms with E-state index in [0.717, 1.165) is 4.90 Å². The largest absolute Gasteiger partial charge is 0.401 e. The number of Topliss-reactive ketones (excluding diaryl/α,β-unsaturated/α-hetero) is 1. The van der Waals surface area contributed by atoms with Crippen LogP contribution in [0.4, 0.5) is 18.9 Å². The molecule has 0 aliphatic heterocycles. The van der Waals surface area contributed by atoms with Crippen LogP contribution in [0.25, 0.3) is 0 Å². The molecule has 1 aromatic rings. The number of halogens is 3. The van der Waals surface area contributed by atoms with Gasteiger partial charge in [0.1, 0.15) is 0 Å². The zero-order valence-corrected chi connectivity index (χ0v) is 11.0. The summed E-state index contributed by atoms with van der Waals surface area (Å²) in [7, 11) is 0. The normalized spacial score (nSPS) is 15.2. The van der Waals surface area contributed by atoms with Crippen molar-refractivity contribution in [3.63, 3.8) is 0 Å². The van der Waals surface area contributed by atoms with E-state index in [1.54, 1.807) is 0 Å². The minimum atomic E-state index is -4.35. The lowest BCUT2D eigenvalue weighted by atomic mass is 10.1. The fourth-order valence-electron chi connectivity index (χ4n) is 2.03. The van der Waals surface area contributed by atoms with Crippen molar-refractivity contribution in [3.8, 4) is 0 Å². The van der Waals surface area contributed by atoms with E-state index in [9.17, 15) is 28.1 Å². The van der Waals surface area contributed by atoms with E-state index in [1.165, 1.54) is 24.3 Å². The van der Waals surface area contributed by atoms with Crippen LogP contribution in [0, 0.1) is 10.1 Å². The summed E-state index contributed by atoms with van der Waals surface area (Å²) in [4.78, 5) is 23.0. The van der Waals surface area contributed by atoms with Gasteiger partial charge in [0.2, 0.25) is 0 Å². The van der Waals surface area contributed by atoms with Crippen molar-refractivity contribution in [2.75, 3.05) is 13.1 Å². The number of carbonyl (C=O) groups is 1. The zero-order valence-electron chi connectivity index (χ0n) is 11.0. The Hall–Kier alpha value is -1.96. The van der Waals surface area contributed by atoms with Crippen LogP contribution in [0.1, 0.15) is 23.2 Å². The van der Waals surface area contributed by atoms with Crippen LogP contribution >= 0.6 is 0 Å². The number of benzene rings is 1. The molecule has 0 atom stereocenters. The molecule has 0 N–H and O–H groups in total. The van der Waals surface area contributed by atoms with Gasteiger partial charge in [-0.25, -0.2) is 0 Å². The van der Waals surface area contributed by atoms with Crippen molar-refractivity contribution in [2.24, 2.45) is 0 Å². The maximum Gasteiger partial charge on any atom is 0.401 e. The Morgan fingerprint density at radius 2 is 1.86 bits per heavy atom. The summed E-state index contributed by atoms with van der Waals surface area (Å²) >= 11 is 0. The quantitative estimate of drug-likeness (QED) is 0.460. The highest BCUT2D eigenvalue weighted by Crippen LogP contribution is 2.30. The summed E-state index contributed by atoms with van der Waals surface area (Å²) in [6.07, 6.45) is -3.04. The van der Waals surface area contributed by atoms with Gasteiger partial charge in [-0.2, -0.15) is 13.2 Å². The van der Waals surface area contributed by atoms with Crippen LogP contribution in [-0.2, 0) is 0 Å². The van der Waals surface area contributed by atoms with Gasteiger partial charge in [0, 0.05) is 23.7 Å². The second-order valence-electron chi connectivity index (χ2n) is 4.98. The monoisotopic (exact) mass is 302 g/mol. The first-order chi connectivity index (χ1) is 9.76. The number of nitro benzene ring substituents is 1. The van der Waals surface area contributed by atoms with E-state index >= 15 is 0 Å². The Labute approximate surface area is 118 Å². The molecule has 114 valence electrons. The lowest BCUT2D eigenvalue weighted by molar-refractivity contribution is -0.384. The molecule has 0 amide bonds. The first kappa shape index (κ1) is 15.4. The molecule has 0 saturated heterocycles. The second-order valence-corrected chi connectivity index (χ2v) is 4.98. The van der Waals surface area contributed by atoms with Gasteiger partial charge in [-0.05, 0) is 25.0 Å². The molecular weight excluding hydrogens is 289 g/mol. The zero-order chi connectivity index (χ0) is 15.6. The molecule has 0 aromatic heterocycles. The lowest BCUT2D eigenvalue weighted by Gasteiger charge is -2.22. The molecule has 0 unspecified atom stereocenters. The summed E-state index contributed by atoms with van der Waals surface area (Å²) in [6.45, 7) is -1.45. The Bertz CT molecular complexity index is 539. The lowest BCUT2D eigenvalue weighted by Crippen LogP contribution is -2.39. The molecule has 0 bridgehead atoms. The van der Waals surface area contributed by atoms with Gasteiger partial charge in [-0.3, -0.25) is 19.8 Å². The Balaban J connectivity index is 2.03. The first-order valence-electron chi connectivity index (χ1n) is 6.35. The van der Waals surface area contributed by atoms with Crippen LogP contribution in [0.2, 0.25) is 0 Å².